The number of aliphatic imine (C=N–C) groups is 1. The topological polar surface area (TPSA) is 50.4 Å². The molecule has 1 heterocycles. The first-order valence-electron chi connectivity index (χ1n) is 5.25. The van der Waals surface area contributed by atoms with Gasteiger partial charge in [-0.15, -0.1) is 11.3 Å². The van der Waals surface area contributed by atoms with Crippen molar-refractivity contribution < 1.29 is 0 Å². The molecular weight excluding hydrogens is 206 g/mol. The van der Waals surface area contributed by atoms with Gasteiger partial charge in [-0.25, -0.2) is 0 Å². The van der Waals surface area contributed by atoms with E-state index in [0.717, 1.165) is 0 Å². The lowest BCUT2D eigenvalue weighted by Crippen LogP contribution is -2.37. The van der Waals surface area contributed by atoms with Gasteiger partial charge in [0.2, 0.25) is 0 Å². The molecule has 0 saturated heterocycles. The van der Waals surface area contributed by atoms with Crippen LogP contribution in [0.25, 0.3) is 0 Å². The molecule has 1 aromatic heterocycles. The smallest absolute Gasteiger partial charge is 0.189 e. The largest absolute Gasteiger partial charge is 0.370 e. The molecule has 1 rings (SSSR count). The summed E-state index contributed by atoms with van der Waals surface area (Å²) in [6, 6.07) is 4.45. The molecule has 84 valence electrons. The first-order chi connectivity index (χ1) is 7.15. The summed E-state index contributed by atoms with van der Waals surface area (Å²) in [5.41, 5.74) is 5.77. The minimum absolute atomic E-state index is 0.264. The maximum absolute atomic E-state index is 5.77. The molecule has 1 unspecified atom stereocenters. The van der Waals surface area contributed by atoms with E-state index in [9.17, 15) is 0 Å². The maximum Gasteiger partial charge on any atom is 0.189 e. The molecule has 0 fully saturated rings. The lowest BCUT2D eigenvalue weighted by atomic mass is 10.0. The van der Waals surface area contributed by atoms with Gasteiger partial charge < -0.3 is 11.1 Å². The molecule has 15 heavy (non-hydrogen) atoms. The van der Waals surface area contributed by atoms with Crippen molar-refractivity contribution in [2.75, 3.05) is 6.54 Å². The van der Waals surface area contributed by atoms with Crippen LogP contribution in [-0.2, 0) is 0 Å². The maximum atomic E-state index is 5.77. The van der Waals surface area contributed by atoms with Crippen LogP contribution in [0.1, 0.15) is 31.7 Å². The van der Waals surface area contributed by atoms with Gasteiger partial charge in [0.25, 0.3) is 0 Å². The molecule has 0 saturated carbocycles. The SMILES string of the molecule is CCN=C(N)NC(c1cccs1)C(C)C. The first-order valence-corrected chi connectivity index (χ1v) is 6.13. The van der Waals surface area contributed by atoms with E-state index in [1.165, 1.54) is 4.88 Å². The van der Waals surface area contributed by atoms with Gasteiger partial charge >= 0.3 is 0 Å². The van der Waals surface area contributed by atoms with E-state index < -0.39 is 0 Å². The van der Waals surface area contributed by atoms with Crippen LogP contribution in [-0.4, -0.2) is 12.5 Å². The van der Waals surface area contributed by atoms with E-state index in [-0.39, 0.29) is 6.04 Å². The zero-order valence-electron chi connectivity index (χ0n) is 9.53. The van der Waals surface area contributed by atoms with Crippen LogP contribution in [0.2, 0.25) is 0 Å². The summed E-state index contributed by atoms with van der Waals surface area (Å²) in [4.78, 5) is 5.45. The summed E-state index contributed by atoms with van der Waals surface area (Å²) in [6.07, 6.45) is 0. The summed E-state index contributed by atoms with van der Waals surface area (Å²) >= 11 is 1.75. The highest BCUT2D eigenvalue weighted by molar-refractivity contribution is 7.10. The zero-order valence-corrected chi connectivity index (χ0v) is 10.3. The fourth-order valence-electron chi connectivity index (χ4n) is 1.41. The average Bonchev–Trinajstić information content (AvgIpc) is 2.66. The molecule has 0 aromatic carbocycles. The molecular formula is C11H19N3S. The highest BCUT2D eigenvalue weighted by Crippen LogP contribution is 2.25. The van der Waals surface area contributed by atoms with Gasteiger partial charge in [0, 0.05) is 11.4 Å². The van der Waals surface area contributed by atoms with Crippen LogP contribution >= 0.6 is 11.3 Å². The van der Waals surface area contributed by atoms with Gasteiger partial charge in [-0.05, 0) is 24.3 Å². The van der Waals surface area contributed by atoms with Crippen molar-refractivity contribution in [3.63, 3.8) is 0 Å². The van der Waals surface area contributed by atoms with Crippen molar-refractivity contribution in [3.8, 4) is 0 Å². The molecule has 0 aliphatic heterocycles. The number of thiophene rings is 1. The van der Waals surface area contributed by atoms with Gasteiger partial charge in [-0.1, -0.05) is 19.9 Å². The van der Waals surface area contributed by atoms with Crippen molar-refractivity contribution in [2.45, 2.75) is 26.8 Å². The predicted octanol–water partition coefficient (Wildman–Crippen LogP) is 2.37. The number of rotatable bonds is 4. The third-order valence-electron chi connectivity index (χ3n) is 2.15. The number of nitrogens with two attached hydrogens (primary N) is 1. The number of hydrogen-bond donors (Lipinski definition) is 2. The second-order valence-electron chi connectivity index (χ2n) is 3.74. The van der Waals surface area contributed by atoms with Crippen molar-refractivity contribution in [2.24, 2.45) is 16.6 Å². The van der Waals surface area contributed by atoms with Crippen LogP contribution < -0.4 is 11.1 Å². The zero-order chi connectivity index (χ0) is 11.3. The van der Waals surface area contributed by atoms with Gasteiger partial charge in [0.15, 0.2) is 5.96 Å². The molecule has 1 aromatic rings. The average molecular weight is 225 g/mol. The minimum atomic E-state index is 0.264. The summed E-state index contributed by atoms with van der Waals surface area (Å²) in [5.74, 6) is 1.03. The third kappa shape index (κ3) is 3.55. The van der Waals surface area contributed by atoms with Gasteiger partial charge in [0.1, 0.15) is 0 Å². The van der Waals surface area contributed by atoms with Crippen LogP contribution in [0.3, 0.4) is 0 Å². The molecule has 1 atom stereocenters. The van der Waals surface area contributed by atoms with Gasteiger partial charge in [-0.3, -0.25) is 4.99 Å². The normalized spacial score (nSPS) is 14.3. The lowest BCUT2D eigenvalue weighted by molar-refractivity contribution is 0.476. The van der Waals surface area contributed by atoms with Gasteiger partial charge in [0.05, 0.1) is 6.04 Å². The standard InChI is InChI=1S/C11H19N3S/c1-4-13-11(12)14-10(8(2)3)9-6-5-7-15-9/h5-8,10H,4H2,1-3H3,(H3,12,13,14). The number of nitrogens with one attached hydrogen (secondary N) is 1. The van der Waals surface area contributed by atoms with Crippen molar-refractivity contribution in [1.29, 1.82) is 0 Å². The monoisotopic (exact) mass is 225 g/mol. The van der Waals surface area contributed by atoms with E-state index in [2.05, 4.69) is 41.7 Å². The number of guanidine groups is 1. The molecule has 0 spiro atoms. The lowest BCUT2D eigenvalue weighted by Gasteiger charge is -2.21. The van der Waals surface area contributed by atoms with Crippen LogP contribution in [0, 0.1) is 5.92 Å². The Bertz CT molecular complexity index is 304. The van der Waals surface area contributed by atoms with Crippen LogP contribution in [0.4, 0.5) is 0 Å². The second-order valence-corrected chi connectivity index (χ2v) is 4.72. The molecule has 0 bridgehead atoms. The van der Waals surface area contributed by atoms with E-state index >= 15 is 0 Å². The predicted molar refractivity (Wildman–Crippen MR) is 67.2 cm³/mol. The Labute approximate surface area is 95.4 Å². The van der Waals surface area contributed by atoms with Crippen LogP contribution in [0.5, 0.6) is 0 Å². The second kappa shape index (κ2) is 5.75. The Morgan fingerprint density at radius 2 is 2.33 bits per heavy atom. The Kier molecular flexibility index (Phi) is 4.62. The summed E-state index contributed by atoms with van der Waals surface area (Å²) in [6.45, 7) is 7.05. The van der Waals surface area contributed by atoms with Crippen molar-refractivity contribution >= 4 is 17.3 Å². The van der Waals surface area contributed by atoms with Crippen LogP contribution in [0.15, 0.2) is 22.5 Å². The van der Waals surface area contributed by atoms with E-state index in [0.29, 0.717) is 18.4 Å². The molecule has 3 nitrogen and oxygen atoms in total. The molecule has 0 aliphatic rings. The molecule has 4 heteroatoms. The summed E-state index contributed by atoms with van der Waals surface area (Å²) < 4.78 is 0. The first kappa shape index (κ1) is 12.0. The number of nitrogens with zero attached hydrogens (tertiary/aromatic N) is 1. The van der Waals surface area contributed by atoms with Crippen molar-refractivity contribution in [1.82, 2.24) is 5.32 Å². The summed E-state index contributed by atoms with van der Waals surface area (Å²) in [7, 11) is 0. The highest BCUT2D eigenvalue weighted by Gasteiger charge is 2.16. The summed E-state index contributed by atoms with van der Waals surface area (Å²) in [5, 5.41) is 5.34. The van der Waals surface area contributed by atoms with Gasteiger partial charge in [-0.2, -0.15) is 0 Å². The Morgan fingerprint density at radius 1 is 1.60 bits per heavy atom. The molecule has 0 aliphatic carbocycles. The van der Waals surface area contributed by atoms with Crippen molar-refractivity contribution in [3.05, 3.63) is 22.4 Å². The van der Waals surface area contributed by atoms with E-state index in [1.807, 2.05) is 6.92 Å². The highest BCUT2D eigenvalue weighted by atomic mass is 32.1. The van der Waals surface area contributed by atoms with E-state index in [1.54, 1.807) is 11.3 Å². The quantitative estimate of drug-likeness (QED) is 0.610. The Hall–Kier alpha value is -1.03. The molecule has 0 radical (unpaired) electrons. The molecule has 0 amide bonds. The fourth-order valence-corrected chi connectivity index (χ4v) is 2.36. The molecule has 3 N–H and O–H groups in total. The third-order valence-corrected chi connectivity index (χ3v) is 3.10. The minimum Gasteiger partial charge on any atom is -0.370 e. The Balaban J connectivity index is 2.72. The Morgan fingerprint density at radius 3 is 2.80 bits per heavy atom. The van der Waals surface area contributed by atoms with E-state index in [4.69, 9.17) is 5.73 Å². The number of hydrogen-bond acceptors (Lipinski definition) is 2. The fraction of sp³-hybridized carbons (Fsp3) is 0.545.